The van der Waals surface area contributed by atoms with Crippen LogP contribution in [0.4, 0.5) is 10.4 Å². The Hall–Kier alpha value is -2.95. The smallest absolute Gasteiger partial charge is 0.322 e. The highest BCUT2D eigenvalue weighted by molar-refractivity contribution is 7.99. The zero-order valence-electron chi connectivity index (χ0n) is 14.7. The van der Waals surface area contributed by atoms with E-state index in [0.29, 0.717) is 23.3 Å². The van der Waals surface area contributed by atoms with Gasteiger partial charge in [-0.3, -0.25) is 10.1 Å². The normalized spacial score (nSPS) is 11.1. The predicted octanol–water partition coefficient (Wildman–Crippen LogP) is 1.96. The van der Waals surface area contributed by atoms with Gasteiger partial charge < -0.3 is 10.3 Å². The first-order valence-corrected chi connectivity index (χ1v) is 9.10. The number of aromatic nitrogens is 5. The summed E-state index contributed by atoms with van der Waals surface area (Å²) in [7, 11) is 0. The summed E-state index contributed by atoms with van der Waals surface area (Å²) in [6, 6.07) is 6.10. The third-order valence-electron chi connectivity index (χ3n) is 3.52. The SMILES string of the molecule is CC(C)c1nnc(NC(=O)CSc2nnc(Cc3ccc(F)cc3)n2N)o1. The molecule has 0 aliphatic carbocycles. The molecule has 9 nitrogen and oxygen atoms in total. The number of thioether (sulfide) groups is 1. The Bertz CT molecular complexity index is 923. The van der Waals surface area contributed by atoms with E-state index in [-0.39, 0.29) is 29.4 Å². The molecule has 3 rings (SSSR count). The minimum Gasteiger partial charge on any atom is -0.408 e. The van der Waals surface area contributed by atoms with Crippen LogP contribution in [-0.2, 0) is 11.2 Å². The van der Waals surface area contributed by atoms with Gasteiger partial charge >= 0.3 is 6.01 Å². The van der Waals surface area contributed by atoms with Crippen molar-refractivity contribution in [3.05, 3.63) is 47.4 Å². The number of halogens is 1. The van der Waals surface area contributed by atoms with Gasteiger partial charge in [0.05, 0.1) is 5.75 Å². The molecule has 0 saturated heterocycles. The van der Waals surface area contributed by atoms with Crippen molar-refractivity contribution < 1.29 is 13.6 Å². The molecule has 0 fully saturated rings. The molecule has 1 amide bonds. The van der Waals surface area contributed by atoms with Crippen LogP contribution in [0.2, 0.25) is 0 Å². The van der Waals surface area contributed by atoms with Gasteiger partial charge in [0.25, 0.3) is 0 Å². The lowest BCUT2D eigenvalue weighted by Gasteiger charge is -2.04. The summed E-state index contributed by atoms with van der Waals surface area (Å²) in [5, 5.41) is 18.5. The van der Waals surface area contributed by atoms with Crippen LogP contribution in [-0.4, -0.2) is 36.7 Å². The highest BCUT2D eigenvalue weighted by Crippen LogP contribution is 2.18. The standard InChI is InChI=1S/C16H18FN7O2S/c1-9(2)14-21-22-15(26-14)19-13(25)8-27-16-23-20-12(24(16)18)7-10-3-5-11(17)6-4-10/h3-6,9H,7-8,18H2,1-2H3,(H,19,22,25). The van der Waals surface area contributed by atoms with Crippen LogP contribution in [0.5, 0.6) is 0 Å². The number of carbonyl (C=O) groups excluding carboxylic acids is 1. The molecule has 0 aliphatic heterocycles. The topological polar surface area (TPSA) is 125 Å². The molecular weight excluding hydrogens is 373 g/mol. The summed E-state index contributed by atoms with van der Waals surface area (Å²) in [6.07, 6.45) is 0.399. The second-order valence-corrected chi connectivity index (χ2v) is 6.95. The predicted molar refractivity (Wildman–Crippen MR) is 97.1 cm³/mol. The Morgan fingerprint density at radius 2 is 2.00 bits per heavy atom. The molecule has 3 N–H and O–H groups in total. The van der Waals surface area contributed by atoms with E-state index in [1.807, 2.05) is 13.8 Å². The van der Waals surface area contributed by atoms with Crippen LogP contribution >= 0.6 is 11.8 Å². The number of anilines is 1. The molecule has 27 heavy (non-hydrogen) atoms. The van der Waals surface area contributed by atoms with Crippen molar-refractivity contribution in [1.82, 2.24) is 25.1 Å². The van der Waals surface area contributed by atoms with Gasteiger partial charge in [0, 0.05) is 12.3 Å². The average molecular weight is 391 g/mol. The number of rotatable bonds is 7. The molecule has 3 aromatic rings. The molecule has 1 aromatic carbocycles. The van der Waals surface area contributed by atoms with E-state index < -0.39 is 0 Å². The first kappa shape index (κ1) is 18.8. The quantitative estimate of drug-likeness (QED) is 0.462. The highest BCUT2D eigenvalue weighted by Gasteiger charge is 2.15. The number of amides is 1. The number of hydrogen-bond donors (Lipinski definition) is 2. The van der Waals surface area contributed by atoms with Gasteiger partial charge in [-0.25, -0.2) is 9.07 Å². The molecule has 11 heteroatoms. The summed E-state index contributed by atoms with van der Waals surface area (Å²) in [5.41, 5.74) is 0.849. The van der Waals surface area contributed by atoms with Crippen LogP contribution in [0.15, 0.2) is 33.8 Å². The minimum absolute atomic E-state index is 0.0469. The highest BCUT2D eigenvalue weighted by atomic mass is 32.2. The maximum Gasteiger partial charge on any atom is 0.322 e. The van der Waals surface area contributed by atoms with Crippen LogP contribution in [0.3, 0.4) is 0 Å². The van der Waals surface area contributed by atoms with Gasteiger partial charge in [-0.2, -0.15) is 0 Å². The van der Waals surface area contributed by atoms with Crippen LogP contribution in [0.1, 0.15) is 37.0 Å². The van der Waals surface area contributed by atoms with Crippen molar-refractivity contribution >= 4 is 23.7 Å². The monoisotopic (exact) mass is 391 g/mol. The van der Waals surface area contributed by atoms with Gasteiger partial charge in [0.2, 0.25) is 17.0 Å². The maximum atomic E-state index is 13.0. The minimum atomic E-state index is -0.331. The van der Waals surface area contributed by atoms with Crippen molar-refractivity contribution in [3.8, 4) is 0 Å². The van der Waals surface area contributed by atoms with Gasteiger partial charge in [-0.15, -0.1) is 15.3 Å². The fourth-order valence-corrected chi connectivity index (χ4v) is 2.79. The molecule has 0 atom stereocenters. The summed E-state index contributed by atoms with van der Waals surface area (Å²) < 4.78 is 19.6. The Morgan fingerprint density at radius 1 is 1.26 bits per heavy atom. The van der Waals surface area contributed by atoms with Crippen molar-refractivity contribution in [1.29, 1.82) is 0 Å². The Balaban J connectivity index is 1.55. The zero-order chi connectivity index (χ0) is 19.4. The molecular formula is C16H18FN7O2S. The van der Waals surface area contributed by atoms with Crippen LogP contribution in [0.25, 0.3) is 0 Å². The second-order valence-electron chi connectivity index (χ2n) is 6.01. The number of hydrogen-bond acceptors (Lipinski definition) is 8. The second kappa shape index (κ2) is 8.16. The molecule has 0 spiro atoms. The van der Waals surface area contributed by atoms with Gasteiger partial charge in [0.1, 0.15) is 5.82 Å². The lowest BCUT2D eigenvalue weighted by atomic mass is 10.1. The Kier molecular flexibility index (Phi) is 5.69. The third-order valence-corrected chi connectivity index (χ3v) is 4.47. The van der Waals surface area contributed by atoms with E-state index in [1.54, 1.807) is 12.1 Å². The molecule has 0 unspecified atom stereocenters. The van der Waals surface area contributed by atoms with Gasteiger partial charge in [-0.1, -0.05) is 42.8 Å². The van der Waals surface area contributed by atoms with E-state index in [9.17, 15) is 9.18 Å². The van der Waals surface area contributed by atoms with E-state index in [1.165, 1.54) is 16.8 Å². The maximum absolute atomic E-state index is 13.0. The molecule has 2 aromatic heterocycles. The van der Waals surface area contributed by atoms with Crippen LogP contribution < -0.4 is 11.2 Å². The molecule has 0 radical (unpaired) electrons. The first-order valence-electron chi connectivity index (χ1n) is 8.12. The Morgan fingerprint density at radius 3 is 2.67 bits per heavy atom. The van der Waals surface area contributed by atoms with Gasteiger partial charge in [0.15, 0.2) is 5.82 Å². The fourth-order valence-electron chi connectivity index (χ4n) is 2.11. The molecule has 142 valence electrons. The number of benzene rings is 1. The van der Waals surface area contributed by atoms with Gasteiger partial charge in [-0.05, 0) is 17.7 Å². The van der Waals surface area contributed by atoms with Crippen molar-refractivity contribution in [2.24, 2.45) is 0 Å². The lowest BCUT2D eigenvalue weighted by Crippen LogP contribution is -2.17. The van der Waals surface area contributed by atoms with E-state index in [0.717, 1.165) is 17.3 Å². The van der Waals surface area contributed by atoms with E-state index in [4.69, 9.17) is 10.3 Å². The number of carbonyl (C=O) groups is 1. The lowest BCUT2D eigenvalue weighted by molar-refractivity contribution is -0.113. The first-order chi connectivity index (χ1) is 12.9. The summed E-state index contributed by atoms with van der Waals surface area (Å²) in [4.78, 5) is 12.0. The number of nitrogen functional groups attached to an aromatic ring is 1. The molecule has 2 heterocycles. The molecule has 0 saturated carbocycles. The summed E-state index contributed by atoms with van der Waals surface area (Å²) >= 11 is 1.12. The fraction of sp³-hybridized carbons (Fsp3) is 0.312. The third kappa shape index (κ3) is 4.82. The van der Waals surface area contributed by atoms with Crippen LogP contribution in [0, 0.1) is 5.82 Å². The average Bonchev–Trinajstić information content (AvgIpc) is 3.23. The molecule has 0 bridgehead atoms. The summed E-state index contributed by atoms with van der Waals surface area (Å²) in [6.45, 7) is 3.82. The van der Waals surface area contributed by atoms with Crippen molar-refractivity contribution in [2.75, 3.05) is 16.9 Å². The van der Waals surface area contributed by atoms with E-state index >= 15 is 0 Å². The van der Waals surface area contributed by atoms with Crippen molar-refractivity contribution in [3.63, 3.8) is 0 Å². The molecule has 0 aliphatic rings. The number of nitrogens with one attached hydrogen (secondary N) is 1. The Labute approximate surface area is 158 Å². The zero-order valence-corrected chi connectivity index (χ0v) is 15.5. The van der Waals surface area contributed by atoms with Crippen molar-refractivity contribution in [2.45, 2.75) is 31.3 Å². The van der Waals surface area contributed by atoms with E-state index in [2.05, 4.69) is 25.7 Å². The largest absolute Gasteiger partial charge is 0.408 e. The number of nitrogens with zero attached hydrogens (tertiary/aromatic N) is 5. The summed E-state index contributed by atoms with van der Waals surface area (Å²) in [5.74, 6) is 6.42. The number of nitrogens with two attached hydrogens (primary N) is 1.